The van der Waals surface area contributed by atoms with Crippen LogP contribution in [-0.2, 0) is 9.53 Å². The Morgan fingerprint density at radius 3 is 2.50 bits per heavy atom. The number of benzene rings is 3. The molecule has 1 aliphatic rings. The number of aromatic nitrogens is 3. The summed E-state index contributed by atoms with van der Waals surface area (Å²) < 4.78 is 61.5. The van der Waals surface area contributed by atoms with Gasteiger partial charge in [0.1, 0.15) is 17.9 Å². The molecule has 1 saturated heterocycles. The summed E-state index contributed by atoms with van der Waals surface area (Å²) >= 11 is 0. The van der Waals surface area contributed by atoms with Gasteiger partial charge < -0.3 is 9.47 Å². The Labute approximate surface area is 247 Å². The molecule has 226 valence electrons. The molecule has 0 saturated carbocycles. The fourth-order valence-electron chi connectivity index (χ4n) is 4.19. The molecule has 1 aliphatic heterocycles. The van der Waals surface area contributed by atoms with E-state index in [1.807, 2.05) is 13.8 Å². The Bertz CT molecular complexity index is 1730. The van der Waals surface area contributed by atoms with Gasteiger partial charge in [0.2, 0.25) is 0 Å². The number of ether oxygens (including phenoxy) is 2. The van der Waals surface area contributed by atoms with Crippen molar-refractivity contribution in [1.29, 1.82) is 0 Å². The maximum absolute atomic E-state index is 13.8. The van der Waals surface area contributed by atoms with Gasteiger partial charge in [0, 0.05) is 5.56 Å². The minimum Gasteiger partial charge on any atom is -0.454 e. The van der Waals surface area contributed by atoms with E-state index in [2.05, 4.69) is 30.3 Å². The molecule has 0 atom stereocenters. The minimum atomic E-state index is -4.78. The van der Waals surface area contributed by atoms with Crippen molar-refractivity contribution in [3.05, 3.63) is 90.0 Å². The molecular weight excluding hydrogens is 586 g/mol. The fourth-order valence-corrected chi connectivity index (χ4v) is 4.19. The first-order chi connectivity index (χ1) is 21.0. The summed E-state index contributed by atoms with van der Waals surface area (Å²) in [5, 5.41) is 8.23. The number of nitrogens with one attached hydrogen (secondary N) is 1. The number of urea groups is 1. The van der Waals surface area contributed by atoms with E-state index in [0.717, 1.165) is 4.90 Å². The van der Waals surface area contributed by atoms with Crippen LogP contribution in [0.4, 0.5) is 28.0 Å². The first-order valence-corrected chi connectivity index (χ1v) is 13.0. The summed E-state index contributed by atoms with van der Waals surface area (Å²) in [6.07, 6.45) is -1.99. The molecule has 0 spiro atoms. The predicted molar refractivity (Wildman–Crippen MR) is 151 cm³/mol. The van der Waals surface area contributed by atoms with Crippen molar-refractivity contribution in [3.63, 3.8) is 0 Å². The summed E-state index contributed by atoms with van der Waals surface area (Å²) in [5.41, 5.74) is 4.91. The van der Waals surface area contributed by atoms with E-state index < -0.39 is 24.1 Å². The number of anilines is 1. The van der Waals surface area contributed by atoms with Crippen LogP contribution in [-0.4, -0.2) is 51.9 Å². The quantitative estimate of drug-likeness (QED) is 0.166. The van der Waals surface area contributed by atoms with Gasteiger partial charge in [-0.1, -0.05) is 38.1 Å². The van der Waals surface area contributed by atoms with Crippen LogP contribution in [0.3, 0.4) is 0 Å². The van der Waals surface area contributed by atoms with Crippen molar-refractivity contribution in [2.75, 3.05) is 11.5 Å². The largest absolute Gasteiger partial charge is 0.573 e. The Balaban J connectivity index is 1.21. The van der Waals surface area contributed by atoms with Crippen LogP contribution in [0.2, 0.25) is 0 Å². The SMILES string of the molecule is CC(C)c1cc(F)ccc1N1C(=O)COC1=NC(=O)N/N=C/c1ccc(-c2ncn(-c3ccc(OC(F)(F)F)cc3)n2)cc1. The lowest BCUT2D eigenvalue weighted by Crippen LogP contribution is -2.32. The smallest absolute Gasteiger partial charge is 0.454 e. The van der Waals surface area contributed by atoms with Crippen LogP contribution in [0.25, 0.3) is 17.1 Å². The lowest BCUT2D eigenvalue weighted by molar-refractivity contribution is -0.274. The molecule has 0 aliphatic carbocycles. The highest BCUT2D eigenvalue weighted by molar-refractivity contribution is 6.20. The molecule has 3 aromatic carbocycles. The average molecular weight is 610 g/mol. The maximum Gasteiger partial charge on any atom is 0.573 e. The summed E-state index contributed by atoms with van der Waals surface area (Å²) in [4.78, 5) is 34.1. The van der Waals surface area contributed by atoms with Crippen molar-refractivity contribution in [2.45, 2.75) is 26.1 Å². The van der Waals surface area contributed by atoms with Gasteiger partial charge in [-0.25, -0.2) is 29.2 Å². The molecule has 4 aromatic rings. The zero-order valence-corrected chi connectivity index (χ0v) is 23.1. The average Bonchev–Trinajstić information content (AvgIpc) is 3.60. The Morgan fingerprint density at radius 1 is 1.09 bits per heavy atom. The van der Waals surface area contributed by atoms with E-state index >= 15 is 0 Å². The van der Waals surface area contributed by atoms with Crippen LogP contribution in [0, 0.1) is 5.82 Å². The number of nitrogens with zero attached hydrogens (tertiary/aromatic N) is 6. The van der Waals surface area contributed by atoms with Gasteiger partial charge in [-0.2, -0.15) is 5.10 Å². The number of aliphatic imine (C=N–C) groups is 1. The van der Waals surface area contributed by atoms with Gasteiger partial charge in [-0.3, -0.25) is 4.79 Å². The second kappa shape index (κ2) is 12.3. The van der Waals surface area contributed by atoms with Crippen molar-refractivity contribution in [1.82, 2.24) is 20.2 Å². The molecule has 0 unspecified atom stereocenters. The number of hydrazone groups is 1. The highest BCUT2D eigenvalue weighted by Crippen LogP contribution is 2.31. The normalized spacial score (nSPS) is 14.5. The van der Waals surface area contributed by atoms with Gasteiger partial charge in [0.25, 0.3) is 5.91 Å². The number of carbonyl (C=O) groups excluding carboxylic acids is 2. The fraction of sp³-hybridized carbons (Fsp3) is 0.172. The summed E-state index contributed by atoms with van der Waals surface area (Å²) in [5.74, 6) is -1.01. The van der Waals surface area contributed by atoms with Crippen molar-refractivity contribution < 1.29 is 36.6 Å². The molecule has 15 heteroatoms. The van der Waals surface area contributed by atoms with E-state index in [4.69, 9.17) is 4.74 Å². The molecule has 5 rings (SSSR count). The van der Waals surface area contributed by atoms with E-state index in [9.17, 15) is 27.2 Å². The number of alkyl halides is 3. The van der Waals surface area contributed by atoms with Crippen molar-refractivity contribution >= 4 is 29.9 Å². The third-order valence-corrected chi connectivity index (χ3v) is 6.18. The zero-order valence-electron chi connectivity index (χ0n) is 23.1. The van der Waals surface area contributed by atoms with Gasteiger partial charge in [0.15, 0.2) is 12.4 Å². The van der Waals surface area contributed by atoms with Gasteiger partial charge in [-0.15, -0.1) is 23.3 Å². The van der Waals surface area contributed by atoms with E-state index in [1.165, 1.54) is 59.7 Å². The van der Waals surface area contributed by atoms with Crippen LogP contribution in [0.15, 0.2) is 83.2 Å². The van der Waals surface area contributed by atoms with Crippen molar-refractivity contribution in [3.8, 4) is 22.8 Å². The number of hydrogen-bond donors (Lipinski definition) is 1. The zero-order chi connectivity index (χ0) is 31.4. The number of carbonyl (C=O) groups is 2. The van der Waals surface area contributed by atoms with Crippen LogP contribution >= 0.6 is 0 Å². The second-order valence-electron chi connectivity index (χ2n) is 9.62. The molecule has 2 heterocycles. The highest BCUT2D eigenvalue weighted by atomic mass is 19.4. The molecular formula is C29H23F4N7O4. The van der Waals surface area contributed by atoms with E-state index in [0.29, 0.717) is 33.9 Å². The first kappa shape index (κ1) is 29.9. The van der Waals surface area contributed by atoms with Crippen LogP contribution < -0.4 is 15.1 Å². The van der Waals surface area contributed by atoms with Gasteiger partial charge >= 0.3 is 18.4 Å². The Morgan fingerprint density at radius 2 is 1.82 bits per heavy atom. The monoisotopic (exact) mass is 609 g/mol. The van der Waals surface area contributed by atoms with Crippen molar-refractivity contribution in [2.24, 2.45) is 10.1 Å². The van der Waals surface area contributed by atoms with Gasteiger partial charge in [0.05, 0.1) is 17.6 Å². The lowest BCUT2D eigenvalue weighted by Gasteiger charge is -2.20. The Hall–Kier alpha value is -5.60. The molecule has 11 nitrogen and oxygen atoms in total. The highest BCUT2D eigenvalue weighted by Gasteiger charge is 2.34. The van der Waals surface area contributed by atoms with Crippen LogP contribution in [0.1, 0.15) is 30.9 Å². The predicted octanol–water partition coefficient (Wildman–Crippen LogP) is 5.56. The number of amides is 3. The first-order valence-electron chi connectivity index (χ1n) is 13.0. The number of hydrogen-bond acceptors (Lipinski definition) is 7. The summed E-state index contributed by atoms with van der Waals surface area (Å²) in [6.45, 7) is 3.36. The molecule has 1 aromatic heterocycles. The maximum atomic E-state index is 13.8. The van der Waals surface area contributed by atoms with Crippen LogP contribution in [0.5, 0.6) is 5.75 Å². The number of rotatable bonds is 7. The minimum absolute atomic E-state index is 0.117. The van der Waals surface area contributed by atoms with E-state index in [1.54, 1.807) is 24.3 Å². The molecule has 44 heavy (non-hydrogen) atoms. The standard InChI is InChI=1S/C29H23F4N7O4/c1-17(2)23-13-20(30)7-12-24(23)40-25(41)15-43-28(40)36-27(42)37-35-14-18-3-5-19(6-4-18)26-34-16-39(38-26)21-8-10-22(11-9-21)44-29(31,32)33/h3-14,16-17H,15H2,1-2H3,(H,37,42)/b35-14+,36-28?. The Kier molecular flexibility index (Phi) is 8.37. The molecule has 1 fully saturated rings. The number of amidine groups is 1. The lowest BCUT2D eigenvalue weighted by atomic mass is 10.0. The molecule has 3 amide bonds. The summed E-state index contributed by atoms with van der Waals surface area (Å²) in [7, 11) is 0. The topological polar surface area (TPSA) is 123 Å². The molecule has 0 bridgehead atoms. The third kappa shape index (κ3) is 7.06. The molecule has 0 radical (unpaired) electrons. The molecule has 1 N–H and O–H groups in total. The third-order valence-electron chi connectivity index (χ3n) is 6.18. The number of halogens is 4. The van der Waals surface area contributed by atoms with E-state index in [-0.39, 0.29) is 24.3 Å². The van der Waals surface area contributed by atoms with Gasteiger partial charge in [-0.05, 0) is 59.5 Å². The second-order valence-corrected chi connectivity index (χ2v) is 9.62. The summed E-state index contributed by atoms with van der Waals surface area (Å²) in [6, 6.07) is 14.8.